The largest absolute Gasteiger partial charge is 0.444 e. The number of alkyl halides is 2. The van der Waals surface area contributed by atoms with Crippen LogP contribution in [0.1, 0.15) is 48.5 Å². The number of hydrogen-bond donors (Lipinski definition) is 2. The first-order valence-corrected chi connectivity index (χ1v) is 16.0. The third kappa shape index (κ3) is 10.0. The zero-order valence-electron chi connectivity index (χ0n) is 26.2. The summed E-state index contributed by atoms with van der Waals surface area (Å²) in [5.41, 5.74) is 1.33. The zero-order chi connectivity index (χ0) is 33.6. The molecule has 0 aliphatic carbocycles. The molecule has 2 atom stereocenters. The molecule has 0 saturated heterocycles. The summed E-state index contributed by atoms with van der Waals surface area (Å²) in [5, 5.41) is 10.6. The molecule has 45 heavy (non-hydrogen) atoms. The van der Waals surface area contributed by atoms with Gasteiger partial charge in [-0.3, -0.25) is 9.59 Å². The van der Waals surface area contributed by atoms with Crippen molar-refractivity contribution in [1.29, 1.82) is 0 Å². The smallest absolute Gasteiger partial charge is 0.408 e. The van der Waals surface area contributed by atoms with Gasteiger partial charge in [-0.1, -0.05) is 97.5 Å². The molecule has 3 amide bonds. The number of nitrogens with zero attached hydrogens (tertiary/aromatic N) is 2. The van der Waals surface area contributed by atoms with Crippen LogP contribution in [0.25, 0.3) is 22.6 Å². The van der Waals surface area contributed by atoms with E-state index in [1.54, 1.807) is 69.3 Å². The molecule has 1 aromatic heterocycles. The molecule has 0 radical (unpaired) electrons. The molecule has 0 aliphatic rings. The summed E-state index contributed by atoms with van der Waals surface area (Å²) in [5.74, 6) is -0.962. The average molecular weight is 700 g/mol. The SMILES string of the molecule is CC(C)C(CN(C(=O)C(Cl)Cl)c1cccc(-c2cc(-c3c(Cl)cccc3Cl)no2)c1)NC(=O)C(NC(=O)OC(C)(C)C)C(C)C. The first-order valence-electron chi connectivity index (χ1n) is 14.4. The summed E-state index contributed by atoms with van der Waals surface area (Å²) in [6.45, 7) is 12.7. The lowest BCUT2D eigenvalue weighted by Gasteiger charge is -2.33. The van der Waals surface area contributed by atoms with Gasteiger partial charge in [0, 0.05) is 35.5 Å². The number of nitrogens with one attached hydrogen (secondary N) is 2. The number of alkyl carbamates (subject to hydrolysis) is 1. The van der Waals surface area contributed by atoms with Crippen molar-refractivity contribution in [3.63, 3.8) is 0 Å². The van der Waals surface area contributed by atoms with E-state index in [1.807, 2.05) is 27.7 Å². The van der Waals surface area contributed by atoms with Crippen LogP contribution in [-0.2, 0) is 14.3 Å². The number of amides is 3. The number of carbonyl (C=O) groups excluding carboxylic acids is 3. The second-order valence-corrected chi connectivity index (χ2v) is 14.1. The molecule has 0 aliphatic heterocycles. The maximum Gasteiger partial charge on any atom is 0.408 e. The lowest BCUT2D eigenvalue weighted by Crippen LogP contribution is -2.56. The molecule has 9 nitrogen and oxygen atoms in total. The summed E-state index contributed by atoms with van der Waals surface area (Å²) >= 11 is 24.9. The second kappa shape index (κ2) is 15.5. The topological polar surface area (TPSA) is 114 Å². The van der Waals surface area contributed by atoms with Crippen LogP contribution in [0.3, 0.4) is 0 Å². The number of carbonyl (C=O) groups is 3. The molecule has 0 spiro atoms. The van der Waals surface area contributed by atoms with Gasteiger partial charge in [0.05, 0.1) is 10.0 Å². The number of benzene rings is 2. The van der Waals surface area contributed by atoms with Gasteiger partial charge in [-0.25, -0.2) is 4.79 Å². The van der Waals surface area contributed by atoms with Crippen LogP contribution in [0.5, 0.6) is 0 Å². The van der Waals surface area contributed by atoms with E-state index in [0.29, 0.717) is 38.3 Å². The van der Waals surface area contributed by atoms with E-state index in [9.17, 15) is 14.4 Å². The van der Waals surface area contributed by atoms with Crippen molar-refractivity contribution in [2.24, 2.45) is 11.8 Å². The normalized spacial score (nSPS) is 13.1. The molecule has 2 N–H and O–H groups in total. The van der Waals surface area contributed by atoms with E-state index >= 15 is 0 Å². The molecular weight excluding hydrogens is 662 g/mol. The van der Waals surface area contributed by atoms with Crippen molar-refractivity contribution in [3.8, 4) is 22.6 Å². The Morgan fingerprint density at radius 2 is 1.56 bits per heavy atom. The summed E-state index contributed by atoms with van der Waals surface area (Å²) in [4.78, 5) is 39.3. The molecule has 0 fully saturated rings. The summed E-state index contributed by atoms with van der Waals surface area (Å²) in [7, 11) is 0. The van der Waals surface area contributed by atoms with Gasteiger partial charge in [-0.2, -0.15) is 0 Å². The molecular formula is C32H38Cl4N4O5. The Hall–Kier alpha value is -2.98. The fourth-order valence-electron chi connectivity index (χ4n) is 4.40. The first-order chi connectivity index (χ1) is 21.0. The number of halogens is 4. The van der Waals surface area contributed by atoms with Gasteiger partial charge >= 0.3 is 6.09 Å². The summed E-state index contributed by atoms with van der Waals surface area (Å²) in [6, 6.07) is 12.4. The van der Waals surface area contributed by atoms with E-state index in [-0.39, 0.29) is 18.4 Å². The lowest BCUT2D eigenvalue weighted by molar-refractivity contribution is -0.125. The Balaban J connectivity index is 1.90. The molecule has 244 valence electrons. The maximum atomic E-state index is 13.5. The van der Waals surface area contributed by atoms with E-state index in [0.717, 1.165) is 0 Å². The molecule has 2 aromatic carbocycles. The Labute approximate surface area is 283 Å². The van der Waals surface area contributed by atoms with Gasteiger partial charge in [0.2, 0.25) is 5.91 Å². The van der Waals surface area contributed by atoms with Crippen LogP contribution >= 0.6 is 46.4 Å². The predicted octanol–water partition coefficient (Wildman–Crippen LogP) is 8.14. The molecule has 13 heteroatoms. The van der Waals surface area contributed by atoms with Gasteiger partial charge in [-0.15, -0.1) is 0 Å². The highest BCUT2D eigenvalue weighted by atomic mass is 35.5. The molecule has 2 unspecified atom stereocenters. The molecule has 0 saturated carbocycles. The number of hydrogen-bond acceptors (Lipinski definition) is 6. The monoisotopic (exact) mass is 698 g/mol. The van der Waals surface area contributed by atoms with E-state index in [1.165, 1.54) is 4.90 Å². The molecule has 1 heterocycles. The Kier molecular flexibility index (Phi) is 12.6. The fourth-order valence-corrected chi connectivity index (χ4v) is 5.23. The summed E-state index contributed by atoms with van der Waals surface area (Å²) < 4.78 is 11.0. The van der Waals surface area contributed by atoms with Crippen LogP contribution in [0.15, 0.2) is 53.1 Å². The minimum Gasteiger partial charge on any atom is -0.444 e. The fraction of sp³-hybridized carbons (Fsp3) is 0.438. The van der Waals surface area contributed by atoms with Crippen molar-refractivity contribution >= 4 is 70.0 Å². The highest BCUT2D eigenvalue weighted by Crippen LogP contribution is 2.36. The van der Waals surface area contributed by atoms with Crippen molar-refractivity contribution < 1.29 is 23.6 Å². The maximum absolute atomic E-state index is 13.5. The Morgan fingerprint density at radius 3 is 2.11 bits per heavy atom. The minimum absolute atomic E-state index is 0.0375. The van der Waals surface area contributed by atoms with Crippen LogP contribution in [0.4, 0.5) is 10.5 Å². The number of aromatic nitrogens is 1. The standard InChI is InChI=1S/C32H38Cl4N4O5/c1-17(2)24(37-29(41)27(18(3)4)38-31(43)44-32(5,6)7)16-40(30(42)28(35)36)20-11-8-10-19(14-20)25-15-23(39-45-25)26-21(33)12-9-13-22(26)34/h8-15,17-18,24,27-28H,16H2,1-7H3,(H,37,41)(H,38,43). The summed E-state index contributed by atoms with van der Waals surface area (Å²) in [6.07, 6.45) is -0.703. The Morgan fingerprint density at radius 1 is 0.933 bits per heavy atom. The van der Waals surface area contributed by atoms with Crippen molar-refractivity contribution in [1.82, 2.24) is 15.8 Å². The number of ether oxygens (including phenoxy) is 1. The Bertz CT molecular complexity index is 1480. The minimum atomic E-state index is -1.37. The van der Waals surface area contributed by atoms with Crippen molar-refractivity contribution in [3.05, 3.63) is 58.6 Å². The van der Waals surface area contributed by atoms with Crippen LogP contribution in [-0.4, -0.2) is 52.1 Å². The lowest BCUT2D eigenvalue weighted by atomic mass is 9.99. The molecule has 0 bridgehead atoms. The zero-order valence-corrected chi connectivity index (χ0v) is 29.2. The first kappa shape index (κ1) is 36.5. The van der Waals surface area contributed by atoms with Gasteiger partial charge in [0.25, 0.3) is 5.91 Å². The van der Waals surface area contributed by atoms with Crippen LogP contribution in [0.2, 0.25) is 10.0 Å². The third-order valence-electron chi connectivity index (χ3n) is 6.76. The molecule has 3 rings (SSSR count). The third-order valence-corrected chi connectivity index (χ3v) is 7.76. The number of rotatable bonds is 11. The van der Waals surface area contributed by atoms with Gasteiger partial charge in [0.15, 0.2) is 10.6 Å². The van der Waals surface area contributed by atoms with Gasteiger partial charge in [0.1, 0.15) is 17.3 Å². The van der Waals surface area contributed by atoms with E-state index < -0.39 is 40.4 Å². The highest BCUT2D eigenvalue weighted by Gasteiger charge is 2.32. The van der Waals surface area contributed by atoms with E-state index in [4.69, 9.17) is 55.7 Å². The van der Waals surface area contributed by atoms with Crippen molar-refractivity contribution in [2.45, 2.75) is 71.0 Å². The second-order valence-electron chi connectivity index (χ2n) is 12.2. The van der Waals surface area contributed by atoms with Gasteiger partial charge in [-0.05, 0) is 56.9 Å². The van der Waals surface area contributed by atoms with Crippen LogP contribution < -0.4 is 15.5 Å². The van der Waals surface area contributed by atoms with Gasteiger partial charge < -0.3 is 24.8 Å². The number of anilines is 1. The van der Waals surface area contributed by atoms with Crippen LogP contribution in [0, 0.1) is 11.8 Å². The predicted molar refractivity (Wildman–Crippen MR) is 180 cm³/mol. The van der Waals surface area contributed by atoms with Crippen molar-refractivity contribution in [2.75, 3.05) is 11.4 Å². The van der Waals surface area contributed by atoms with E-state index in [2.05, 4.69) is 15.8 Å². The average Bonchev–Trinajstić information content (AvgIpc) is 3.42. The quantitative estimate of drug-likeness (QED) is 0.195. The highest BCUT2D eigenvalue weighted by molar-refractivity contribution is 6.54. The molecule has 3 aromatic rings.